The van der Waals surface area contributed by atoms with Crippen molar-refractivity contribution in [2.75, 3.05) is 26.2 Å². The zero-order chi connectivity index (χ0) is 25.7. The molecule has 4 rings (SSSR count). The van der Waals surface area contributed by atoms with E-state index in [-0.39, 0.29) is 41.6 Å². The predicted molar refractivity (Wildman–Crippen MR) is 136 cm³/mol. The Labute approximate surface area is 212 Å². The summed E-state index contributed by atoms with van der Waals surface area (Å²) in [6.07, 6.45) is 6.77. The Balaban J connectivity index is 1.60. The second kappa shape index (κ2) is 11.5. The van der Waals surface area contributed by atoms with Crippen LogP contribution >= 0.6 is 0 Å². The SMILES string of the molecule is C=CCOC(=O)c1c(C)nc(-c2ccccc2)nc1C(=O)N1CCN(C(=O)C2CCCCC2)C(C)C1. The van der Waals surface area contributed by atoms with E-state index in [1.54, 1.807) is 11.8 Å². The number of esters is 1. The van der Waals surface area contributed by atoms with Gasteiger partial charge in [0, 0.05) is 37.2 Å². The summed E-state index contributed by atoms with van der Waals surface area (Å²) in [6, 6.07) is 9.22. The van der Waals surface area contributed by atoms with Crippen molar-refractivity contribution in [3.05, 3.63) is 59.9 Å². The van der Waals surface area contributed by atoms with Gasteiger partial charge in [0.1, 0.15) is 17.9 Å². The van der Waals surface area contributed by atoms with E-state index >= 15 is 0 Å². The van der Waals surface area contributed by atoms with Crippen LogP contribution in [0.5, 0.6) is 0 Å². The molecule has 0 N–H and O–H groups in total. The summed E-state index contributed by atoms with van der Waals surface area (Å²) in [4.78, 5) is 52.4. The van der Waals surface area contributed by atoms with Gasteiger partial charge in [-0.3, -0.25) is 9.59 Å². The van der Waals surface area contributed by atoms with Crippen LogP contribution in [0, 0.1) is 12.8 Å². The summed E-state index contributed by atoms with van der Waals surface area (Å²) in [7, 11) is 0. The molecule has 2 heterocycles. The van der Waals surface area contributed by atoms with E-state index in [4.69, 9.17) is 4.74 Å². The number of nitrogens with zero attached hydrogens (tertiary/aromatic N) is 4. The number of aryl methyl sites for hydroxylation is 1. The van der Waals surface area contributed by atoms with Crippen molar-refractivity contribution >= 4 is 17.8 Å². The zero-order valence-electron chi connectivity index (χ0n) is 21.1. The standard InChI is InChI=1S/C28H34N4O4/c1-4-17-36-28(35)23-20(3)29-25(21-11-7-5-8-12-21)30-24(23)27(34)31-15-16-32(19(2)18-31)26(33)22-13-9-6-10-14-22/h4-5,7-8,11-12,19,22H,1,6,9-10,13-18H2,2-3H3. The van der Waals surface area contributed by atoms with Crippen LogP contribution in [0.15, 0.2) is 43.0 Å². The van der Waals surface area contributed by atoms with E-state index in [0.29, 0.717) is 31.2 Å². The molecule has 1 aromatic heterocycles. The van der Waals surface area contributed by atoms with Gasteiger partial charge in [0.15, 0.2) is 5.82 Å². The van der Waals surface area contributed by atoms with Gasteiger partial charge < -0.3 is 14.5 Å². The highest BCUT2D eigenvalue weighted by Crippen LogP contribution is 2.28. The minimum Gasteiger partial charge on any atom is -0.458 e. The number of benzene rings is 1. The maximum Gasteiger partial charge on any atom is 0.342 e. The summed E-state index contributed by atoms with van der Waals surface area (Å²) in [5, 5.41) is 0. The van der Waals surface area contributed by atoms with Gasteiger partial charge in [-0.2, -0.15) is 0 Å². The first-order valence-corrected chi connectivity index (χ1v) is 12.7. The molecule has 190 valence electrons. The van der Waals surface area contributed by atoms with Crippen molar-refractivity contribution in [2.45, 2.75) is 52.0 Å². The second-order valence-corrected chi connectivity index (χ2v) is 9.58. The Bertz CT molecular complexity index is 1130. The molecule has 0 bridgehead atoms. The van der Waals surface area contributed by atoms with Crippen LogP contribution in [0.25, 0.3) is 11.4 Å². The van der Waals surface area contributed by atoms with Crippen LogP contribution in [0.4, 0.5) is 0 Å². The van der Waals surface area contributed by atoms with E-state index in [0.717, 1.165) is 31.2 Å². The Hall–Kier alpha value is -3.55. The highest BCUT2D eigenvalue weighted by Gasteiger charge is 2.36. The third-order valence-corrected chi connectivity index (χ3v) is 7.01. The van der Waals surface area contributed by atoms with Crippen LogP contribution in [-0.2, 0) is 9.53 Å². The Morgan fingerprint density at radius 2 is 1.81 bits per heavy atom. The van der Waals surface area contributed by atoms with Crippen molar-refractivity contribution in [1.29, 1.82) is 0 Å². The number of ether oxygens (including phenoxy) is 1. The van der Waals surface area contributed by atoms with Crippen molar-refractivity contribution in [3.8, 4) is 11.4 Å². The van der Waals surface area contributed by atoms with Crippen LogP contribution in [-0.4, -0.2) is 69.8 Å². The van der Waals surface area contributed by atoms with Crippen LogP contribution < -0.4 is 0 Å². The smallest absolute Gasteiger partial charge is 0.342 e. The molecule has 2 aliphatic rings. The maximum absolute atomic E-state index is 13.8. The molecule has 1 aromatic carbocycles. The molecule has 2 amide bonds. The van der Waals surface area contributed by atoms with Gasteiger partial charge in [-0.1, -0.05) is 62.2 Å². The second-order valence-electron chi connectivity index (χ2n) is 9.58. The van der Waals surface area contributed by atoms with Crippen LogP contribution in [0.2, 0.25) is 0 Å². The molecule has 1 unspecified atom stereocenters. The number of amides is 2. The van der Waals surface area contributed by atoms with Gasteiger partial charge >= 0.3 is 5.97 Å². The molecular weight excluding hydrogens is 456 g/mol. The number of hydrogen-bond acceptors (Lipinski definition) is 6. The van der Waals surface area contributed by atoms with E-state index < -0.39 is 5.97 Å². The van der Waals surface area contributed by atoms with Gasteiger partial charge in [0.2, 0.25) is 5.91 Å². The first-order chi connectivity index (χ1) is 17.4. The average Bonchev–Trinajstić information content (AvgIpc) is 2.91. The lowest BCUT2D eigenvalue weighted by atomic mass is 9.87. The molecule has 0 radical (unpaired) electrons. The largest absolute Gasteiger partial charge is 0.458 e. The predicted octanol–water partition coefficient (Wildman–Crippen LogP) is 4.05. The minimum atomic E-state index is -0.658. The number of aromatic nitrogens is 2. The van der Waals surface area contributed by atoms with Gasteiger partial charge in [-0.05, 0) is 26.7 Å². The Morgan fingerprint density at radius 1 is 1.08 bits per heavy atom. The monoisotopic (exact) mass is 490 g/mol. The van der Waals surface area contributed by atoms with E-state index in [1.807, 2.05) is 42.2 Å². The quantitative estimate of drug-likeness (QED) is 0.448. The number of carbonyl (C=O) groups is 3. The molecule has 8 heteroatoms. The highest BCUT2D eigenvalue weighted by atomic mass is 16.5. The third-order valence-electron chi connectivity index (χ3n) is 7.01. The van der Waals surface area contributed by atoms with E-state index in [2.05, 4.69) is 16.5 Å². The lowest BCUT2D eigenvalue weighted by Gasteiger charge is -2.41. The summed E-state index contributed by atoms with van der Waals surface area (Å²) in [5.74, 6) is -0.356. The molecule has 1 aliphatic carbocycles. The molecule has 0 spiro atoms. The van der Waals surface area contributed by atoms with Crippen molar-refractivity contribution in [1.82, 2.24) is 19.8 Å². The number of rotatable bonds is 6. The van der Waals surface area contributed by atoms with Gasteiger partial charge in [-0.15, -0.1) is 0 Å². The van der Waals surface area contributed by atoms with Crippen molar-refractivity contribution < 1.29 is 19.1 Å². The summed E-state index contributed by atoms with van der Waals surface area (Å²) < 4.78 is 5.26. The van der Waals surface area contributed by atoms with Crippen LogP contribution in [0.3, 0.4) is 0 Å². The first-order valence-electron chi connectivity index (χ1n) is 12.7. The number of piperazine rings is 1. The average molecular weight is 491 g/mol. The lowest BCUT2D eigenvalue weighted by Crippen LogP contribution is -2.57. The fourth-order valence-electron chi connectivity index (χ4n) is 5.10. The molecule has 1 saturated carbocycles. The Morgan fingerprint density at radius 3 is 2.47 bits per heavy atom. The Kier molecular flexibility index (Phi) is 8.13. The molecule has 8 nitrogen and oxygen atoms in total. The highest BCUT2D eigenvalue weighted by molar-refractivity contribution is 6.05. The van der Waals surface area contributed by atoms with Crippen molar-refractivity contribution in [3.63, 3.8) is 0 Å². The molecule has 1 aliphatic heterocycles. The van der Waals surface area contributed by atoms with E-state index in [1.165, 1.54) is 12.5 Å². The van der Waals surface area contributed by atoms with Gasteiger partial charge in [0.25, 0.3) is 5.91 Å². The fraction of sp³-hybridized carbons (Fsp3) is 0.464. The summed E-state index contributed by atoms with van der Waals surface area (Å²) in [6.45, 7) is 8.48. The molecule has 2 fully saturated rings. The lowest BCUT2D eigenvalue weighted by molar-refractivity contribution is -0.140. The normalized spacial score (nSPS) is 18.6. The number of hydrogen-bond donors (Lipinski definition) is 0. The minimum absolute atomic E-state index is 0.0192. The third kappa shape index (κ3) is 5.48. The van der Waals surface area contributed by atoms with E-state index in [9.17, 15) is 14.4 Å². The summed E-state index contributed by atoms with van der Waals surface area (Å²) >= 11 is 0. The van der Waals surface area contributed by atoms with Gasteiger partial charge in [0.05, 0.1) is 5.69 Å². The molecule has 36 heavy (non-hydrogen) atoms. The fourth-order valence-corrected chi connectivity index (χ4v) is 5.10. The first kappa shape index (κ1) is 25.5. The molecule has 1 atom stereocenters. The summed E-state index contributed by atoms with van der Waals surface area (Å²) in [5.41, 5.74) is 1.21. The molecule has 1 saturated heterocycles. The zero-order valence-corrected chi connectivity index (χ0v) is 21.1. The topological polar surface area (TPSA) is 92.7 Å². The van der Waals surface area contributed by atoms with Crippen LogP contribution in [0.1, 0.15) is 65.6 Å². The van der Waals surface area contributed by atoms with Crippen molar-refractivity contribution in [2.24, 2.45) is 5.92 Å². The molecular formula is C28H34N4O4. The molecule has 2 aromatic rings. The van der Waals surface area contributed by atoms with Gasteiger partial charge in [-0.25, -0.2) is 14.8 Å². The number of carbonyl (C=O) groups excluding carboxylic acids is 3. The maximum atomic E-state index is 13.8.